The van der Waals surface area contributed by atoms with Crippen molar-refractivity contribution in [3.8, 4) is 17.2 Å². The fourth-order valence-corrected chi connectivity index (χ4v) is 3.19. The van der Waals surface area contributed by atoms with Crippen molar-refractivity contribution in [2.24, 2.45) is 0 Å². The number of hydrogen-bond acceptors (Lipinski definition) is 11. The van der Waals surface area contributed by atoms with E-state index in [2.05, 4.69) is 19.9 Å². The molecular formula is C23H15FN4O7. The fourth-order valence-electron chi connectivity index (χ4n) is 3.19. The van der Waals surface area contributed by atoms with Crippen molar-refractivity contribution in [2.75, 3.05) is 5.23 Å². The van der Waals surface area contributed by atoms with Gasteiger partial charge in [0.25, 0.3) is 0 Å². The van der Waals surface area contributed by atoms with Crippen molar-refractivity contribution in [2.45, 2.75) is 13.0 Å². The summed E-state index contributed by atoms with van der Waals surface area (Å²) in [5.74, 6) is -0.0811. The molecule has 4 aromatic rings. The number of halogens is 1. The van der Waals surface area contributed by atoms with Crippen LogP contribution in [0, 0.1) is 5.95 Å². The minimum Gasteiger partial charge on any atom is -0.473 e. The number of benzene rings is 1. The maximum atomic E-state index is 13.2. The summed E-state index contributed by atoms with van der Waals surface area (Å²) in [6.07, 6.45) is -0.620. The Hall–Kier alpha value is -5.00. The van der Waals surface area contributed by atoms with E-state index in [1.54, 1.807) is 24.3 Å². The lowest BCUT2D eigenvalue weighted by molar-refractivity contribution is -0.0923. The van der Waals surface area contributed by atoms with Gasteiger partial charge in [0.2, 0.25) is 17.6 Å². The van der Waals surface area contributed by atoms with Gasteiger partial charge in [0.05, 0.1) is 11.3 Å². The van der Waals surface area contributed by atoms with E-state index < -0.39 is 18.3 Å². The standard InChI is InChI=1S/C23H15FN4O7/c24-19-4-1-5-20(26-19)31-13-15-8-6-14(7-9-15)11-16-12-18(33-27-16)17-3-2-10-25-21(17)28-34-22(29)32-23(30)35-28/h1-10,12H,11,13H2. The number of anilines is 1. The Bertz CT molecular complexity index is 1360. The molecule has 35 heavy (non-hydrogen) atoms. The van der Waals surface area contributed by atoms with Gasteiger partial charge >= 0.3 is 12.3 Å². The third-order valence-electron chi connectivity index (χ3n) is 4.75. The Balaban J connectivity index is 1.26. The van der Waals surface area contributed by atoms with Crippen molar-refractivity contribution in [1.82, 2.24) is 15.1 Å². The quantitative estimate of drug-likeness (QED) is 0.213. The van der Waals surface area contributed by atoms with Crippen LogP contribution in [-0.2, 0) is 27.4 Å². The molecule has 1 aliphatic heterocycles. The first-order chi connectivity index (χ1) is 17.0. The molecule has 0 spiro atoms. The number of hydrogen-bond donors (Lipinski definition) is 0. The van der Waals surface area contributed by atoms with E-state index in [-0.39, 0.29) is 18.3 Å². The van der Waals surface area contributed by atoms with Gasteiger partial charge in [0, 0.05) is 30.0 Å². The van der Waals surface area contributed by atoms with Crippen molar-refractivity contribution >= 4 is 18.1 Å². The van der Waals surface area contributed by atoms with Crippen LogP contribution in [0.3, 0.4) is 0 Å². The SMILES string of the molecule is O=C1OC(=O)ON(c2ncccc2-c2cc(Cc3ccc(COc4cccc(F)n4)cc3)no2)O1. The maximum absolute atomic E-state index is 13.2. The van der Waals surface area contributed by atoms with Gasteiger partial charge in [-0.2, -0.15) is 9.37 Å². The van der Waals surface area contributed by atoms with Gasteiger partial charge in [0.15, 0.2) is 5.76 Å². The van der Waals surface area contributed by atoms with Gasteiger partial charge in [-0.15, -0.1) is 0 Å². The molecular weight excluding hydrogens is 463 g/mol. The average Bonchev–Trinajstić information content (AvgIpc) is 3.31. The third kappa shape index (κ3) is 5.16. The highest BCUT2D eigenvalue weighted by molar-refractivity contribution is 5.81. The van der Waals surface area contributed by atoms with Crippen molar-refractivity contribution in [3.05, 3.63) is 89.6 Å². The predicted octanol–water partition coefficient (Wildman–Crippen LogP) is 4.38. The molecule has 0 atom stereocenters. The molecule has 1 aliphatic rings. The Kier molecular flexibility index (Phi) is 5.90. The lowest BCUT2D eigenvalue weighted by Gasteiger charge is -2.23. The highest BCUT2D eigenvalue weighted by Crippen LogP contribution is 2.31. The zero-order valence-corrected chi connectivity index (χ0v) is 17.8. The number of aromatic nitrogens is 3. The summed E-state index contributed by atoms with van der Waals surface area (Å²) < 4.78 is 28.2. The normalized spacial score (nSPS) is 13.1. The van der Waals surface area contributed by atoms with Crippen molar-refractivity contribution in [3.63, 3.8) is 0 Å². The number of pyridine rings is 2. The molecule has 11 nitrogen and oxygen atoms in total. The Morgan fingerprint density at radius 1 is 0.943 bits per heavy atom. The van der Waals surface area contributed by atoms with E-state index in [0.717, 1.165) is 11.1 Å². The first-order valence-corrected chi connectivity index (χ1v) is 10.2. The second-order valence-corrected chi connectivity index (χ2v) is 7.18. The van der Waals surface area contributed by atoms with Crippen molar-refractivity contribution < 1.29 is 37.7 Å². The highest BCUT2D eigenvalue weighted by Gasteiger charge is 2.32. The average molecular weight is 478 g/mol. The number of cyclic esters (lactones) is 2. The van der Waals surface area contributed by atoms with Crippen LogP contribution in [0.1, 0.15) is 16.8 Å². The number of ether oxygens (including phenoxy) is 2. The van der Waals surface area contributed by atoms with Gasteiger partial charge in [0.1, 0.15) is 6.61 Å². The second kappa shape index (κ2) is 9.47. The fraction of sp³-hybridized carbons (Fsp3) is 0.0870. The highest BCUT2D eigenvalue weighted by atomic mass is 19.1. The van der Waals surface area contributed by atoms with E-state index in [1.165, 1.54) is 18.3 Å². The lowest BCUT2D eigenvalue weighted by Crippen LogP contribution is -2.38. The van der Waals surface area contributed by atoms with E-state index in [0.29, 0.717) is 28.7 Å². The summed E-state index contributed by atoms with van der Waals surface area (Å²) in [6, 6.07) is 16.9. The summed E-state index contributed by atoms with van der Waals surface area (Å²) in [6.45, 7) is 0.241. The number of rotatable bonds is 7. The zero-order valence-electron chi connectivity index (χ0n) is 17.8. The second-order valence-electron chi connectivity index (χ2n) is 7.18. The minimum absolute atomic E-state index is 0.00246. The summed E-state index contributed by atoms with van der Waals surface area (Å²) in [5, 5.41) is 4.63. The Morgan fingerprint density at radius 3 is 2.49 bits per heavy atom. The molecule has 1 saturated heterocycles. The maximum Gasteiger partial charge on any atom is 0.546 e. The molecule has 1 fully saturated rings. The molecule has 5 rings (SSSR count). The van der Waals surface area contributed by atoms with Gasteiger partial charge in [-0.25, -0.2) is 14.6 Å². The van der Waals surface area contributed by atoms with Crippen LogP contribution in [0.4, 0.5) is 19.8 Å². The zero-order chi connectivity index (χ0) is 24.2. The van der Waals surface area contributed by atoms with Crippen LogP contribution in [0.15, 0.2) is 71.4 Å². The molecule has 0 unspecified atom stereocenters. The number of nitrogens with zero attached hydrogens (tertiary/aromatic N) is 4. The molecule has 0 radical (unpaired) electrons. The van der Waals surface area contributed by atoms with Gasteiger partial charge in [-0.05, 0) is 29.3 Å². The number of carbonyl (C=O) groups is 2. The van der Waals surface area contributed by atoms with E-state index in [1.807, 2.05) is 24.3 Å². The topological polar surface area (TPSA) is 126 Å². The lowest BCUT2D eigenvalue weighted by atomic mass is 10.1. The van der Waals surface area contributed by atoms with E-state index in [4.69, 9.17) is 18.9 Å². The van der Waals surface area contributed by atoms with Crippen molar-refractivity contribution in [1.29, 1.82) is 0 Å². The molecule has 176 valence electrons. The Labute approximate surface area is 196 Å². The van der Waals surface area contributed by atoms with E-state index >= 15 is 0 Å². The summed E-state index contributed by atoms with van der Waals surface area (Å²) >= 11 is 0. The molecule has 0 saturated carbocycles. The van der Waals surface area contributed by atoms with Gasteiger partial charge < -0.3 is 14.0 Å². The summed E-state index contributed by atoms with van der Waals surface area (Å²) in [5.41, 5.74) is 2.83. The van der Waals surface area contributed by atoms with Crippen LogP contribution in [0.2, 0.25) is 0 Å². The molecule has 0 aliphatic carbocycles. The van der Waals surface area contributed by atoms with Crippen LogP contribution >= 0.6 is 0 Å². The first-order valence-electron chi connectivity index (χ1n) is 10.2. The molecule has 0 N–H and O–H groups in total. The minimum atomic E-state index is -1.25. The Morgan fingerprint density at radius 2 is 1.71 bits per heavy atom. The van der Waals surface area contributed by atoms with E-state index in [9.17, 15) is 14.0 Å². The largest absolute Gasteiger partial charge is 0.546 e. The van der Waals surface area contributed by atoms with Crippen LogP contribution < -0.4 is 9.96 Å². The molecule has 0 amide bonds. The van der Waals surface area contributed by atoms with Crippen LogP contribution in [-0.4, -0.2) is 27.4 Å². The molecule has 12 heteroatoms. The van der Waals surface area contributed by atoms with Gasteiger partial charge in [-0.3, -0.25) is 9.68 Å². The van der Waals surface area contributed by atoms with Crippen LogP contribution in [0.25, 0.3) is 11.3 Å². The molecule has 0 bridgehead atoms. The predicted molar refractivity (Wildman–Crippen MR) is 114 cm³/mol. The summed E-state index contributed by atoms with van der Waals surface area (Å²) in [4.78, 5) is 40.0. The number of carbonyl (C=O) groups excluding carboxylic acids is 2. The third-order valence-corrected chi connectivity index (χ3v) is 4.75. The van der Waals surface area contributed by atoms with Crippen LogP contribution in [0.5, 0.6) is 5.88 Å². The first kappa shape index (κ1) is 21.8. The summed E-state index contributed by atoms with van der Waals surface area (Å²) in [7, 11) is 0. The smallest absolute Gasteiger partial charge is 0.473 e. The van der Waals surface area contributed by atoms with Gasteiger partial charge in [-0.1, -0.05) is 35.5 Å². The molecule has 1 aromatic carbocycles. The molecule has 3 aromatic heterocycles. The monoisotopic (exact) mass is 478 g/mol. The molecule has 4 heterocycles.